The molecule has 0 N–H and O–H groups in total. The lowest BCUT2D eigenvalue weighted by atomic mass is 9.73. The summed E-state index contributed by atoms with van der Waals surface area (Å²) in [5.74, 6) is 0.0475. The Hall–Kier alpha value is -1.50. The lowest BCUT2D eigenvalue weighted by Gasteiger charge is -2.50. The summed E-state index contributed by atoms with van der Waals surface area (Å²) in [4.78, 5) is 18.7. The largest absolute Gasteiger partial charge is 0.377 e. The van der Waals surface area contributed by atoms with E-state index in [9.17, 15) is 4.79 Å². The molecule has 3 rings (SSSR count). The van der Waals surface area contributed by atoms with Gasteiger partial charge in [0.15, 0.2) is 0 Å². The molecule has 2 fully saturated rings. The number of hydrogen-bond donors (Lipinski definition) is 0. The second kappa shape index (κ2) is 8.25. The summed E-state index contributed by atoms with van der Waals surface area (Å²) in [6.45, 7) is 5.41. The molecule has 1 aromatic rings. The highest BCUT2D eigenvalue weighted by Crippen LogP contribution is 2.40. The van der Waals surface area contributed by atoms with E-state index in [-0.39, 0.29) is 24.0 Å². The van der Waals surface area contributed by atoms with E-state index in [4.69, 9.17) is 14.2 Å². The number of likely N-dealkylation sites (tertiary alicyclic amines) is 1. The Labute approximate surface area is 149 Å². The van der Waals surface area contributed by atoms with Crippen molar-refractivity contribution in [3.05, 3.63) is 29.6 Å². The molecule has 3 heterocycles. The maximum Gasteiger partial charge on any atom is 0.248 e. The van der Waals surface area contributed by atoms with Crippen LogP contribution in [0.2, 0.25) is 0 Å². The van der Waals surface area contributed by atoms with Crippen molar-refractivity contribution in [3.8, 4) is 0 Å². The highest BCUT2D eigenvalue weighted by atomic mass is 16.5. The third-order valence-corrected chi connectivity index (χ3v) is 5.19. The summed E-state index contributed by atoms with van der Waals surface area (Å²) in [5, 5.41) is 0. The smallest absolute Gasteiger partial charge is 0.248 e. The molecule has 2 aliphatic heterocycles. The molecule has 0 radical (unpaired) electrons. The summed E-state index contributed by atoms with van der Waals surface area (Å²) in [5.41, 5.74) is 1.81. The summed E-state index contributed by atoms with van der Waals surface area (Å²) in [7, 11) is 1.56. The molecule has 1 amide bonds. The van der Waals surface area contributed by atoms with Crippen LogP contribution in [-0.4, -0.2) is 61.9 Å². The van der Waals surface area contributed by atoms with Gasteiger partial charge in [0.25, 0.3) is 0 Å². The average molecular weight is 348 g/mol. The van der Waals surface area contributed by atoms with Crippen molar-refractivity contribution in [2.24, 2.45) is 5.41 Å². The summed E-state index contributed by atoms with van der Waals surface area (Å²) in [6.07, 6.45) is 3.06. The molecule has 0 aromatic carbocycles. The molecule has 0 spiro atoms. The molecular weight excluding hydrogens is 320 g/mol. The van der Waals surface area contributed by atoms with Gasteiger partial charge >= 0.3 is 0 Å². The van der Waals surface area contributed by atoms with Crippen molar-refractivity contribution < 1.29 is 19.0 Å². The summed E-state index contributed by atoms with van der Waals surface area (Å²) in [6, 6.07) is 5.96. The number of aryl methyl sites for hydroxylation is 1. The van der Waals surface area contributed by atoms with Gasteiger partial charge in [0, 0.05) is 37.9 Å². The van der Waals surface area contributed by atoms with Crippen LogP contribution >= 0.6 is 0 Å². The number of aromatic nitrogens is 1. The average Bonchev–Trinajstić information content (AvgIpc) is 2.61. The van der Waals surface area contributed by atoms with Crippen molar-refractivity contribution in [2.45, 2.75) is 38.9 Å². The van der Waals surface area contributed by atoms with Crippen LogP contribution in [0.15, 0.2) is 18.2 Å². The summed E-state index contributed by atoms with van der Waals surface area (Å²) < 4.78 is 17.1. The lowest BCUT2D eigenvalue weighted by Crippen LogP contribution is -2.58. The van der Waals surface area contributed by atoms with Crippen molar-refractivity contribution in [3.63, 3.8) is 0 Å². The molecule has 6 nitrogen and oxygen atoms in total. The van der Waals surface area contributed by atoms with Crippen LogP contribution in [0.4, 0.5) is 0 Å². The first-order chi connectivity index (χ1) is 12.1. The number of nitrogens with zero attached hydrogens (tertiary/aromatic N) is 2. The summed E-state index contributed by atoms with van der Waals surface area (Å²) >= 11 is 0. The number of carbonyl (C=O) groups excluding carboxylic acids is 1. The van der Waals surface area contributed by atoms with Crippen LogP contribution in [0.25, 0.3) is 0 Å². The minimum atomic E-state index is -0.121. The number of piperidine rings is 1. The quantitative estimate of drug-likeness (QED) is 0.786. The molecule has 2 aliphatic rings. The fourth-order valence-electron chi connectivity index (χ4n) is 3.97. The highest BCUT2D eigenvalue weighted by molar-refractivity contribution is 5.77. The molecule has 0 aliphatic carbocycles. The lowest BCUT2D eigenvalue weighted by molar-refractivity contribution is -0.168. The fraction of sp³-hybridized carbons (Fsp3) is 0.684. The normalized spacial score (nSPS) is 26.3. The van der Waals surface area contributed by atoms with Gasteiger partial charge in [-0.15, -0.1) is 0 Å². The Kier molecular flexibility index (Phi) is 6.04. The van der Waals surface area contributed by atoms with Crippen LogP contribution in [0.3, 0.4) is 0 Å². The molecule has 0 bridgehead atoms. The van der Waals surface area contributed by atoms with Gasteiger partial charge in [-0.2, -0.15) is 0 Å². The number of rotatable bonds is 6. The van der Waals surface area contributed by atoms with Crippen LogP contribution in [0.5, 0.6) is 0 Å². The van der Waals surface area contributed by atoms with E-state index in [1.165, 1.54) is 0 Å². The zero-order valence-electron chi connectivity index (χ0n) is 15.2. The standard InChI is InChI=1S/C19H28N2O4/c1-15-5-3-6-16(20-15)11-24-14-19-8-4-10-25-17(19)7-9-21(13-19)18(22)12-23-2/h3,5-6,17H,4,7-14H2,1-2H3/t17-,19+/m0/s1. The second-order valence-electron chi connectivity index (χ2n) is 7.13. The monoisotopic (exact) mass is 348 g/mol. The SMILES string of the molecule is COCC(=O)N1CC[C@@H]2OCCC[C@]2(COCc2cccc(C)n2)C1. The number of fused-ring (bicyclic) bond motifs is 1. The van der Waals surface area contributed by atoms with E-state index in [0.29, 0.717) is 19.8 Å². The number of pyridine rings is 1. The molecule has 25 heavy (non-hydrogen) atoms. The highest BCUT2D eigenvalue weighted by Gasteiger charge is 2.47. The minimum absolute atomic E-state index is 0.0475. The second-order valence-corrected chi connectivity index (χ2v) is 7.13. The Morgan fingerprint density at radius 1 is 1.48 bits per heavy atom. The molecular formula is C19H28N2O4. The molecule has 1 aromatic heterocycles. The van der Waals surface area contributed by atoms with E-state index in [1.807, 2.05) is 30.0 Å². The van der Waals surface area contributed by atoms with Gasteiger partial charge < -0.3 is 19.1 Å². The third kappa shape index (κ3) is 4.37. The van der Waals surface area contributed by atoms with E-state index in [0.717, 1.165) is 43.8 Å². The predicted octanol–water partition coefficient (Wildman–Crippen LogP) is 1.95. The fourth-order valence-corrected chi connectivity index (χ4v) is 3.97. The van der Waals surface area contributed by atoms with Crippen LogP contribution in [-0.2, 0) is 25.6 Å². The van der Waals surface area contributed by atoms with Crippen LogP contribution in [0, 0.1) is 12.3 Å². The molecule has 6 heteroatoms. The first-order valence-corrected chi connectivity index (χ1v) is 9.01. The van der Waals surface area contributed by atoms with E-state index >= 15 is 0 Å². The molecule has 2 saturated heterocycles. The Bertz CT molecular complexity index is 595. The van der Waals surface area contributed by atoms with Crippen molar-refractivity contribution >= 4 is 5.91 Å². The van der Waals surface area contributed by atoms with Gasteiger partial charge in [-0.05, 0) is 38.3 Å². The Balaban J connectivity index is 1.64. The number of hydrogen-bond acceptors (Lipinski definition) is 5. The topological polar surface area (TPSA) is 60.9 Å². The van der Waals surface area contributed by atoms with Gasteiger partial charge in [-0.1, -0.05) is 6.07 Å². The van der Waals surface area contributed by atoms with Gasteiger partial charge in [0.05, 0.1) is 25.0 Å². The molecule has 0 unspecified atom stereocenters. The van der Waals surface area contributed by atoms with Crippen molar-refractivity contribution in [2.75, 3.05) is 40.0 Å². The first kappa shape index (κ1) is 18.3. The van der Waals surface area contributed by atoms with Gasteiger partial charge in [-0.25, -0.2) is 0 Å². The van der Waals surface area contributed by atoms with Crippen molar-refractivity contribution in [1.82, 2.24) is 9.88 Å². The Morgan fingerprint density at radius 3 is 3.16 bits per heavy atom. The zero-order valence-corrected chi connectivity index (χ0v) is 15.2. The minimum Gasteiger partial charge on any atom is -0.377 e. The zero-order chi connectivity index (χ0) is 17.7. The maximum absolute atomic E-state index is 12.3. The number of carbonyl (C=O) groups is 1. The molecule has 0 saturated carbocycles. The predicted molar refractivity (Wildman–Crippen MR) is 93.1 cm³/mol. The first-order valence-electron chi connectivity index (χ1n) is 9.01. The third-order valence-electron chi connectivity index (χ3n) is 5.19. The van der Waals surface area contributed by atoms with E-state index in [2.05, 4.69) is 4.98 Å². The molecule has 138 valence electrons. The number of ether oxygens (including phenoxy) is 3. The maximum atomic E-state index is 12.3. The van der Waals surface area contributed by atoms with Crippen LogP contribution < -0.4 is 0 Å². The van der Waals surface area contributed by atoms with E-state index in [1.54, 1.807) is 7.11 Å². The molecule has 2 atom stereocenters. The van der Waals surface area contributed by atoms with Gasteiger partial charge in [-0.3, -0.25) is 9.78 Å². The van der Waals surface area contributed by atoms with Crippen molar-refractivity contribution in [1.29, 1.82) is 0 Å². The van der Waals surface area contributed by atoms with E-state index < -0.39 is 0 Å². The number of amides is 1. The van der Waals surface area contributed by atoms with Crippen LogP contribution in [0.1, 0.15) is 30.7 Å². The van der Waals surface area contributed by atoms with Gasteiger partial charge in [0.1, 0.15) is 6.61 Å². The van der Waals surface area contributed by atoms with Gasteiger partial charge in [0.2, 0.25) is 5.91 Å². The Morgan fingerprint density at radius 2 is 2.36 bits per heavy atom. The number of methoxy groups -OCH3 is 1.